The Balaban J connectivity index is 1.14. The quantitative estimate of drug-likeness (QED) is 0.0933. The van der Waals surface area contributed by atoms with Crippen LogP contribution in [0.1, 0.15) is 95.5 Å². The van der Waals surface area contributed by atoms with Gasteiger partial charge in [-0.05, 0) is 86.4 Å². The number of carbonyl (C=O) groups is 3. The first-order chi connectivity index (χ1) is 27.1. The van der Waals surface area contributed by atoms with Gasteiger partial charge in [-0.15, -0.1) is 0 Å². The van der Waals surface area contributed by atoms with E-state index >= 15 is 0 Å². The number of pyridine rings is 2. The number of unbranched alkanes of at least 4 members (excludes halogenated alkanes) is 2. The molecular weight excluding hydrogens is 753 g/mol. The van der Waals surface area contributed by atoms with Crippen molar-refractivity contribution in [1.82, 2.24) is 29.5 Å². The maximum absolute atomic E-state index is 14.0. The zero-order valence-corrected chi connectivity index (χ0v) is 33.3. The summed E-state index contributed by atoms with van der Waals surface area (Å²) in [4.78, 5) is 54.7. The van der Waals surface area contributed by atoms with Gasteiger partial charge in [-0.1, -0.05) is 49.2 Å². The average Bonchev–Trinajstić information content (AvgIpc) is 3.78. The second kappa shape index (κ2) is 17.3. The Morgan fingerprint density at radius 3 is 2.61 bits per heavy atom. The summed E-state index contributed by atoms with van der Waals surface area (Å²) in [5.41, 5.74) is 4.98. The summed E-state index contributed by atoms with van der Waals surface area (Å²) in [6, 6.07) is 13.0. The van der Waals surface area contributed by atoms with E-state index in [1.165, 1.54) is 37.7 Å². The molecule has 16 heteroatoms. The van der Waals surface area contributed by atoms with Gasteiger partial charge in [0, 0.05) is 54.6 Å². The summed E-state index contributed by atoms with van der Waals surface area (Å²) in [6.45, 7) is 3.65. The van der Waals surface area contributed by atoms with Crippen LogP contribution in [-0.4, -0.2) is 70.3 Å². The van der Waals surface area contributed by atoms with Crippen molar-refractivity contribution in [2.45, 2.75) is 84.2 Å². The molecule has 5 aromatic rings. The van der Waals surface area contributed by atoms with Crippen LogP contribution in [-0.2, 0) is 39.1 Å². The number of nitrogens with zero attached hydrogens (tertiary/aromatic N) is 6. The number of fused-ring (bicyclic) bond motifs is 2. The molecule has 0 radical (unpaired) electrons. The second-order valence-electron chi connectivity index (χ2n) is 14.4. The number of aromatic nitrogens is 5. The Labute approximate surface area is 330 Å². The molecular formula is C40H46N8O6S2. The lowest BCUT2D eigenvalue weighted by molar-refractivity contribution is -0.140. The van der Waals surface area contributed by atoms with E-state index in [0.29, 0.717) is 71.6 Å². The number of anilines is 2. The number of sulfonamides is 1. The molecule has 0 unspecified atom stereocenters. The van der Waals surface area contributed by atoms with E-state index in [1.54, 1.807) is 24.5 Å². The number of ether oxygens (including phenoxy) is 1. The van der Waals surface area contributed by atoms with Gasteiger partial charge >= 0.3 is 5.97 Å². The zero-order chi connectivity index (χ0) is 39.2. The van der Waals surface area contributed by atoms with Crippen molar-refractivity contribution in [3.05, 3.63) is 82.9 Å². The van der Waals surface area contributed by atoms with Crippen LogP contribution in [0.4, 0.5) is 10.9 Å². The van der Waals surface area contributed by atoms with E-state index in [2.05, 4.69) is 24.7 Å². The molecule has 0 atom stereocenters. The van der Waals surface area contributed by atoms with Crippen LogP contribution in [0.25, 0.3) is 21.5 Å². The van der Waals surface area contributed by atoms with Crippen LogP contribution in [0, 0.1) is 12.8 Å². The Bertz CT molecular complexity index is 2320. The van der Waals surface area contributed by atoms with Crippen molar-refractivity contribution in [2.24, 2.45) is 5.92 Å². The Kier molecular flexibility index (Phi) is 12.0. The molecule has 1 aliphatic carbocycles. The first-order valence-electron chi connectivity index (χ1n) is 19.1. The summed E-state index contributed by atoms with van der Waals surface area (Å²) in [5, 5.41) is 8.09. The molecule has 2 amide bonds. The smallest absolute Gasteiger partial charge is 0.305 e. The highest BCUT2D eigenvalue weighted by atomic mass is 32.2. The molecule has 14 nitrogen and oxygen atoms in total. The molecule has 4 aromatic heterocycles. The Morgan fingerprint density at radius 1 is 0.964 bits per heavy atom. The van der Waals surface area contributed by atoms with Gasteiger partial charge < -0.3 is 9.64 Å². The SMILES string of the molecule is COC(=O)CCCCCS(=O)(=O)NC(=O)c1nc(N2CCc3cccc(C(=O)Nc4nc5ncccc5s4)c3C2)ccc1-c1cnn(CC2CCCCC2)c1C. The van der Waals surface area contributed by atoms with Crippen LogP contribution in [0.3, 0.4) is 0 Å². The molecule has 2 aliphatic rings. The summed E-state index contributed by atoms with van der Waals surface area (Å²) in [7, 11) is -2.72. The lowest BCUT2D eigenvalue weighted by Gasteiger charge is -2.31. The van der Waals surface area contributed by atoms with Gasteiger partial charge in [-0.3, -0.25) is 24.4 Å². The predicted molar refractivity (Wildman–Crippen MR) is 215 cm³/mol. The Morgan fingerprint density at radius 2 is 1.80 bits per heavy atom. The van der Waals surface area contributed by atoms with E-state index < -0.39 is 15.9 Å². The van der Waals surface area contributed by atoms with Gasteiger partial charge in [0.15, 0.2) is 10.8 Å². The molecule has 1 saturated carbocycles. The van der Waals surface area contributed by atoms with Gasteiger partial charge in [-0.2, -0.15) is 10.1 Å². The minimum absolute atomic E-state index is 0.0293. The number of hydrogen-bond acceptors (Lipinski definition) is 12. The predicted octanol–water partition coefficient (Wildman–Crippen LogP) is 6.45. The highest BCUT2D eigenvalue weighted by molar-refractivity contribution is 7.90. The fraction of sp³-hybridized carbons (Fsp3) is 0.425. The lowest BCUT2D eigenvalue weighted by Crippen LogP contribution is -2.35. The van der Waals surface area contributed by atoms with Crippen molar-refractivity contribution in [1.29, 1.82) is 0 Å². The molecule has 2 N–H and O–H groups in total. The van der Waals surface area contributed by atoms with Crippen LogP contribution >= 0.6 is 11.3 Å². The molecule has 0 spiro atoms. The molecule has 0 saturated heterocycles. The van der Waals surface area contributed by atoms with Crippen molar-refractivity contribution in [3.63, 3.8) is 0 Å². The van der Waals surface area contributed by atoms with Crippen LogP contribution < -0.4 is 14.9 Å². The number of hydrogen-bond donors (Lipinski definition) is 2. The number of thiazole rings is 1. The zero-order valence-electron chi connectivity index (χ0n) is 31.6. The molecule has 0 bridgehead atoms. The number of esters is 1. The van der Waals surface area contributed by atoms with Gasteiger partial charge in [0.2, 0.25) is 10.0 Å². The number of benzene rings is 1. The van der Waals surface area contributed by atoms with Crippen molar-refractivity contribution < 1.29 is 27.5 Å². The Hall–Kier alpha value is -5.22. The first kappa shape index (κ1) is 39.0. The normalized spacial score (nSPS) is 14.7. The van der Waals surface area contributed by atoms with E-state index in [1.807, 2.05) is 46.8 Å². The monoisotopic (exact) mass is 798 g/mol. The molecule has 1 aliphatic heterocycles. The van der Waals surface area contributed by atoms with E-state index in [9.17, 15) is 22.8 Å². The first-order valence-corrected chi connectivity index (χ1v) is 21.6. The molecule has 1 aromatic carbocycles. The van der Waals surface area contributed by atoms with E-state index in [4.69, 9.17) is 10.1 Å². The standard InChI is InChI=1S/C40H46N8O6S2/c1-26-31(23-42-48(26)24-27-11-5-3-6-12-27)29-17-18-34(43-36(29)39(51)46-56(52,53)22-8-4-7-16-35(49)54-2)47-21-19-28-13-9-14-30(32(28)25-47)38(50)45-40-44-37-33(55-40)15-10-20-41-37/h9-10,13-15,17-18,20,23,27H,3-8,11-12,16,19,21-22,24-25H2,1-2H3,(H,46,51)(H,41,44,45,50). The van der Waals surface area contributed by atoms with Crippen molar-refractivity contribution in [2.75, 3.05) is 29.6 Å². The molecule has 5 heterocycles. The number of methoxy groups -OCH3 is 1. The minimum Gasteiger partial charge on any atom is -0.469 e. The highest BCUT2D eigenvalue weighted by Crippen LogP contribution is 2.33. The fourth-order valence-corrected chi connectivity index (χ4v) is 9.47. The molecule has 7 rings (SSSR count). The van der Waals surface area contributed by atoms with Gasteiger partial charge in [0.05, 0.1) is 23.8 Å². The maximum atomic E-state index is 14.0. The summed E-state index contributed by atoms with van der Waals surface area (Å²) in [5.74, 6) is -0.751. The summed E-state index contributed by atoms with van der Waals surface area (Å²) in [6.07, 6.45) is 11.4. The number of carbonyl (C=O) groups excluding carboxylic acids is 3. The second-order valence-corrected chi connectivity index (χ2v) is 17.3. The summed E-state index contributed by atoms with van der Waals surface area (Å²) < 4.78 is 36.1. The van der Waals surface area contributed by atoms with Crippen molar-refractivity contribution in [3.8, 4) is 11.1 Å². The highest BCUT2D eigenvalue weighted by Gasteiger charge is 2.28. The number of amides is 2. The molecule has 56 heavy (non-hydrogen) atoms. The van der Waals surface area contributed by atoms with Gasteiger partial charge in [-0.25, -0.2) is 23.1 Å². The molecule has 1 fully saturated rings. The van der Waals surface area contributed by atoms with Crippen molar-refractivity contribution >= 4 is 60.4 Å². The number of rotatable bonds is 14. The largest absolute Gasteiger partial charge is 0.469 e. The number of nitrogens with one attached hydrogen (secondary N) is 2. The third-order valence-corrected chi connectivity index (χ3v) is 12.9. The van der Waals surface area contributed by atoms with Crippen LogP contribution in [0.5, 0.6) is 0 Å². The van der Waals surface area contributed by atoms with E-state index in [0.717, 1.165) is 40.9 Å². The molecule has 294 valence electrons. The third-order valence-electron chi connectivity index (χ3n) is 10.6. The lowest BCUT2D eigenvalue weighted by atomic mass is 9.89. The average molecular weight is 799 g/mol. The van der Waals surface area contributed by atoms with Crippen LogP contribution in [0.2, 0.25) is 0 Å². The fourth-order valence-electron chi connectivity index (χ4n) is 7.58. The van der Waals surface area contributed by atoms with Gasteiger partial charge in [0.1, 0.15) is 11.5 Å². The topological polar surface area (TPSA) is 178 Å². The van der Waals surface area contributed by atoms with Crippen LogP contribution in [0.15, 0.2) is 54.9 Å². The van der Waals surface area contributed by atoms with Gasteiger partial charge in [0.25, 0.3) is 11.8 Å². The summed E-state index contributed by atoms with van der Waals surface area (Å²) >= 11 is 1.35. The van der Waals surface area contributed by atoms with E-state index in [-0.39, 0.29) is 36.2 Å². The third kappa shape index (κ3) is 9.07. The minimum atomic E-state index is -4.03. The maximum Gasteiger partial charge on any atom is 0.305 e.